The van der Waals surface area contributed by atoms with Gasteiger partial charge < -0.3 is 15.4 Å². The van der Waals surface area contributed by atoms with Crippen LogP contribution in [0.15, 0.2) is 60.7 Å². The average Bonchev–Trinajstić information content (AvgIpc) is 2.70. The second kappa shape index (κ2) is 8.64. The number of anilines is 3. The van der Waals surface area contributed by atoms with Gasteiger partial charge in [-0.2, -0.15) is 5.26 Å². The lowest BCUT2D eigenvalue weighted by Gasteiger charge is -2.14. The summed E-state index contributed by atoms with van der Waals surface area (Å²) in [6, 6.07) is 19.4. The van der Waals surface area contributed by atoms with E-state index in [4.69, 9.17) is 10.00 Å². The number of benzene rings is 2. The lowest BCUT2D eigenvalue weighted by molar-refractivity contribution is 0.102. The molecule has 0 radical (unpaired) electrons. The van der Waals surface area contributed by atoms with Crippen LogP contribution in [-0.2, 0) is 0 Å². The summed E-state index contributed by atoms with van der Waals surface area (Å²) in [5, 5.41) is 22.7. The Morgan fingerprint density at radius 3 is 2.43 bits per heavy atom. The van der Waals surface area contributed by atoms with Crippen LogP contribution >= 0.6 is 0 Å². The largest absolute Gasteiger partial charge is 0.489 e. The molecule has 1 amide bonds. The van der Waals surface area contributed by atoms with Crippen molar-refractivity contribution in [2.75, 3.05) is 10.6 Å². The number of hydrogen-bond donors (Lipinski definition) is 2. The third-order valence-electron chi connectivity index (χ3n) is 3.68. The highest BCUT2D eigenvalue weighted by Gasteiger charge is 2.10. The molecule has 1 heterocycles. The highest BCUT2D eigenvalue weighted by molar-refractivity contribution is 6.02. The molecule has 0 fully saturated rings. The molecule has 0 saturated carbocycles. The Labute approximate surface area is 163 Å². The number of rotatable bonds is 6. The Morgan fingerprint density at radius 2 is 1.79 bits per heavy atom. The lowest BCUT2D eigenvalue weighted by atomic mass is 10.2. The Bertz CT molecular complexity index is 993. The SMILES string of the molecule is CC(C)Oc1ccccc1Nc1ccc(C(=O)Nc2ccc(C#N)cc2)nn1. The zero-order valence-corrected chi connectivity index (χ0v) is 15.5. The lowest BCUT2D eigenvalue weighted by Crippen LogP contribution is -2.14. The van der Waals surface area contributed by atoms with Crippen molar-refractivity contribution in [3.05, 3.63) is 71.9 Å². The summed E-state index contributed by atoms with van der Waals surface area (Å²) < 4.78 is 5.77. The summed E-state index contributed by atoms with van der Waals surface area (Å²) in [6.45, 7) is 3.91. The van der Waals surface area contributed by atoms with Crippen molar-refractivity contribution in [1.29, 1.82) is 5.26 Å². The molecule has 28 heavy (non-hydrogen) atoms. The zero-order chi connectivity index (χ0) is 19.9. The molecule has 3 rings (SSSR count). The van der Waals surface area contributed by atoms with E-state index >= 15 is 0 Å². The molecule has 0 aliphatic carbocycles. The minimum absolute atomic E-state index is 0.0438. The Kier molecular flexibility index (Phi) is 5.82. The Balaban J connectivity index is 1.68. The molecule has 2 aromatic carbocycles. The molecule has 0 spiro atoms. The molecule has 0 saturated heterocycles. The number of aromatic nitrogens is 2. The first-order valence-corrected chi connectivity index (χ1v) is 8.73. The predicted octanol–water partition coefficient (Wildman–Crippen LogP) is 4.13. The third-order valence-corrected chi connectivity index (χ3v) is 3.68. The van der Waals surface area contributed by atoms with Gasteiger partial charge in [0.1, 0.15) is 5.75 Å². The highest BCUT2D eigenvalue weighted by Crippen LogP contribution is 2.27. The molecule has 0 bridgehead atoms. The number of carbonyl (C=O) groups is 1. The van der Waals surface area contributed by atoms with Crippen LogP contribution in [0.3, 0.4) is 0 Å². The average molecular weight is 373 g/mol. The molecule has 7 heteroatoms. The van der Waals surface area contributed by atoms with Crippen LogP contribution in [0.2, 0.25) is 0 Å². The van der Waals surface area contributed by atoms with Gasteiger partial charge >= 0.3 is 0 Å². The van der Waals surface area contributed by atoms with Gasteiger partial charge in [-0.05, 0) is 62.4 Å². The van der Waals surface area contributed by atoms with Gasteiger partial charge in [0, 0.05) is 5.69 Å². The van der Waals surface area contributed by atoms with Crippen LogP contribution in [0.1, 0.15) is 29.9 Å². The summed E-state index contributed by atoms with van der Waals surface area (Å²) in [5.41, 5.74) is 2.05. The van der Waals surface area contributed by atoms with Crippen molar-refractivity contribution < 1.29 is 9.53 Å². The maximum Gasteiger partial charge on any atom is 0.276 e. The molecule has 0 unspecified atom stereocenters. The summed E-state index contributed by atoms with van der Waals surface area (Å²) in [6.07, 6.45) is 0.0438. The highest BCUT2D eigenvalue weighted by atomic mass is 16.5. The van der Waals surface area contributed by atoms with Crippen molar-refractivity contribution in [2.45, 2.75) is 20.0 Å². The summed E-state index contributed by atoms with van der Waals surface area (Å²) in [4.78, 5) is 12.3. The zero-order valence-electron chi connectivity index (χ0n) is 15.5. The summed E-state index contributed by atoms with van der Waals surface area (Å²) in [5.74, 6) is 0.823. The molecule has 3 aromatic rings. The van der Waals surface area contributed by atoms with Gasteiger partial charge in [-0.15, -0.1) is 10.2 Å². The van der Waals surface area contributed by atoms with Gasteiger partial charge in [-0.3, -0.25) is 4.79 Å². The number of nitrogens with one attached hydrogen (secondary N) is 2. The van der Waals surface area contributed by atoms with Gasteiger partial charge in [0.25, 0.3) is 5.91 Å². The van der Waals surface area contributed by atoms with E-state index in [1.54, 1.807) is 36.4 Å². The van der Waals surface area contributed by atoms with Crippen LogP contribution in [0.25, 0.3) is 0 Å². The van der Waals surface area contributed by atoms with Crippen LogP contribution in [-0.4, -0.2) is 22.2 Å². The van der Waals surface area contributed by atoms with Crippen LogP contribution in [0.5, 0.6) is 5.75 Å². The number of hydrogen-bond acceptors (Lipinski definition) is 6. The number of carbonyl (C=O) groups excluding carboxylic acids is 1. The molecule has 2 N–H and O–H groups in total. The Hall–Kier alpha value is -3.92. The molecular weight excluding hydrogens is 354 g/mol. The predicted molar refractivity (Wildman–Crippen MR) is 107 cm³/mol. The molecular formula is C21H19N5O2. The topological polar surface area (TPSA) is 99.9 Å². The Morgan fingerprint density at radius 1 is 1.04 bits per heavy atom. The van der Waals surface area contributed by atoms with Crippen molar-refractivity contribution in [3.8, 4) is 11.8 Å². The maximum atomic E-state index is 12.3. The van der Waals surface area contributed by atoms with Gasteiger partial charge in [-0.1, -0.05) is 12.1 Å². The maximum absolute atomic E-state index is 12.3. The van der Waals surface area contributed by atoms with Crippen molar-refractivity contribution in [2.24, 2.45) is 0 Å². The minimum atomic E-state index is -0.382. The summed E-state index contributed by atoms with van der Waals surface area (Å²) in [7, 11) is 0. The standard InChI is InChI=1S/C21H19N5O2/c1-14(2)28-19-6-4-3-5-17(19)24-20-12-11-18(25-26-20)21(27)23-16-9-7-15(13-22)8-10-16/h3-12,14H,1-2H3,(H,23,27)(H,24,26). The van der Waals surface area contributed by atoms with Gasteiger partial charge in [0.2, 0.25) is 0 Å². The first-order valence-electron chi connectivity index (χ1n) is 8.73. The van der Waals surface area contributed by atoms with Crippen LogP contribution in [0, 0.1) is 11.3 Å². The number of nitriles is 1. The fraction of sp³-hybridized carbons (Fsp3) is 0.143. The number of nitrogens with zero attached hydrogens (tertiary/aromatic N) is 3. The number of ether oxygens (including phenoxy) is 1. The second-order valence-corrected chi connectivity index (χ2v) is 6.23. The van der Waals surface area contributed by atoms with Crippen molar-refractivity contribution in [3.63, 3.8) is 0 Å². The van der Waals surface area contributed by atoms with Gasteiger partial charge in [0.05, 0.1) is 23.4 Å². The molecule has 0 aliphatic heterocycles. The molecule has 0 atom stereocenters. The van der Waals surface area contributed by atoms with Crippen molar-refractivity contribution in [1.82, 2.24) is 10.2 Å². The van der Waals surface area contributed by atoms with E-state index in [2.05, 4.69) is 20.8 Å². The van der Waals surface area contributed by atoms with Crippen molar-refractivity contribution >= 4 is 23.1 Å². The van der Waals surface area contributed by atoms with E-state index in [0.29, 0.717) is 22.8 Å². The summed E-state index contributed by atoms with van der Waals surface area (Å²) >= 11 is 0. The fourth-order valence-electron chi connectivity index (χ4n) is 2.41. The first kappa shape index (κ1) is 18.9. The number of amides is 1. The van der Waals surface area contributed by atoms with E-state index in [1.807, 2.05) is 44.2 Å². The van der Waals surface area contributed by atoms with E-state index in [0.717, 1.165) is 5.69 Å². The van der Waals surface area contributed by atoms with E-state index in [9.17, 15) is 4.79 Å². The number of para-hydroxylation sites is 2. The molecule has 1 aromatic heterocycles. The monoisotopic (exact) mass is 373 g/mol. The normalized spacial score (nSPS) is 10.2. The van der Waals surface area contributed by atoms with Crippen LogP contribution in [0.4, 0.5) is 17.2 Å². The van der Waals surface area contributed by atoms with Crippen LogP contribution < -0.4 is 15.4 Å². The third kappa shape index (κ3) is 4.83. The van der Waals surface area contributed by atoms with Gasteiger partial charge in [-0.25, -0.2) is 0 Å². The smallest absolute Gasteiger partial charge is 0.276 e. The second-order valence-electron chi connectivity index (χ2n) is 6.23. The molecule has 140 valence electrons. The molecule has 7 nitrogen and oxygen atoms in total. The molecule has 0 aliphatic rings. The van der Waals surface area contributed by atoms with E-state index in [-0.39, 0.29) is 17.7 Å². The minimum Gasteiger partial charge on any atom is -0.489 e. The quantitative estimate of drug-likeness (QED) is 0.674. The van der Waals surface area contributed by atoms with Gasteiger partial charge in [0.15, 0.2) is 11.5 Å². The first-order chi connectivity index (χ1) is 13.5. The van der Waals surface area contributed by atoms with E-state index in [1.165, 1.54) is 0 Å². The fourth-order valence-corrected chi connectivity index (χ4v) is 2.41. The van der Waals surface area contributed by atoms with E-state index < -0.39 is 0 Å².